The quantitative estimate of drug-likeness (QED) is 0.788. The third kappa shape index (κ3) is 4.30. The zero-order chi connectivity index (χ0) is 16.8. The van der Waals surface area contributed by atoms with Gasteiger partial charge in [-0.15, -0.1) is 0 Å². The molecule has 2 aromatic rings. The van der Waals surface area contributed by atoms with Crippen molar-refractivity contribution in [2.45, 2.75) is 12.6 Å². The predicted molar refractivity (Wildman–Crippen MR) is 86.3 cm³/mol. The third-order valence-electron chi connectivity index (χ3n) is 3.84. The molecule has 128 valence electrons. The van der Waals surface area contributed by atoms with Gasteiger partial charge in [0.2, 0.25) is 5.89 Å². The molecule has 1 aromatic heterocycles. The Labute approximate surface area is 140 Å². The first-order valence-electron chi connectivity index (χ1n) is 7.90. The minimum atomic E-state index is -0.241. The minimum Gasteiger partial charge on any atom is -0.484 e. The summed E-state index contributed by atoms with van der Waals surface area (Å²) in [4.78, 5) is 18.3. The van der Waals surface area contributed by atoms with Crippen molar-refractivity contribution in [1.82, 2.24) is 25.7 Å². The van der Waals surface area contributed by atoms with E-state index in [1.807, 2.05) is 25.2 Å². The second-order valence-corrected chi connectivity index (χ2v) is 5.63. The molecule has 0 bridgehead atoms. The molecule has 3 rings (SSSR count). The molecule has 0 aliphatic carbocycles. The smallest absolute Gasteiger partial charge is 0.258 e. The summed E-state index contributed by atoms with van der Waals surface area (Å²) in [6.07, 6.45) is 0. The maximum Gasteiger partial charge on any atom is 0.258 e. The lowest BCUT2D eigenvalue weighted by atomic mass is 10.2. The van der Waals surface area contributed by atoms with E-state index >= 15 is 0 Å². The number of likely N-dealkylation sites (N-methyl/N-ethyl adjacent to an activating group) is 1. The van der Waals surface area contributed by atoms with Gasteiger partial charge in [0.1, 0.15) is 5.75 Å². The number of hydrogen-bond acceptors (Lipinski definition) is 7. The summed E-state index contributed by atoms with van der Waals surface area (Å²) in [7, 11) is 2.03. The van der Waals surface area contributed by atoms with Crippen molar-refractivity contribution in [1.29, 1.82) is 0 Å². The fourth-order valence-corrected chi connectivity index (χ4v) is 2.46. The summed E-state index contributed by atoms with van der Waals surface area (Å²) in [5, 5.41) is 10.0. The zero-order valence-electron chi connectivity index (χ0n) is 13.6. The summed E-state index contributed by atoms with van der Waals surface area (Å²) in [5.41, 5.74) is 0. The Morgan fingerprint density at radius 2 is 2.29 bits per heavy atom. The number of amides is 1. The van der Waals surface area contributed by atoms with Gasteiger partial charge in [-0.3, -0.25) is 9.69 Å². The normalized spacial score (nSPS) is 18.3. The molecule has 1 unspecified atom stereocenters. The number of piperazine rings is 1. The second kappa shape index (κ2) is 7.89. The summed E-state index contributed by atoms with van der Waals surface area (Å²) in [6.45, 7) is 2.80. The molecule has 0 spiro atoms. The van der Waals surface area contributed by atoms with Crippen LogP contribution < -0.4 is 15.4 Å². The molecule has 1 fully saturated rings. The number of aromatic nitrogens is 2. The van der Waals surface area contributed by atoms with Crippen LogP contribution in [0.1, 0.15) is 17.8 Å². The van der Waals surface area contributed by atoms with Crippen LogP contribution in [0.5, 0.6) is 5.75 Å². The van der Waals surface area contributed by atoms with E-state index in [2.05, 4.69) is 25.7 Å². The van der Waals surface area contributed by atoms with E-state index in [0.717, 1.165) is 19.6 Å². The van der Waals surface area contributed by atoms with Crippen LogP contribution in [-0.2, 0) is 11.3 Å². The number of benzene rings is 1. The summed E-state index contributed by atoms with van der Waals surface area (Å²) < 4.78 is 10.6. The molecule has 8 heteroatoms. The Balaban J connectivity index is 1.45. The van der Waals surface area contributed by atoms with Gasteiger partial charge in [-0.1, -0.05) is 23.4 Å². The predicted octanol–water partition coefficient (Wildman–Crippen LogP) is 0.341. The molecule has 1 atom stereocenters. The standard InChI is InChI=1S/C16H21N5O3/c1-21-8-7-17-9-13(21)16-19-15(24-20-16)10-18-14(22)11-23-12-5-3-2-4-6-12/h2-6,13,17H,7-11H2,1H3,(H,18,22). The van der Waals surface area contributed by atoms with Gasteiger partial charge < -0.3 is 19.9 Å². The number of carbonyl (C=O) groups excluding carboxylic acids is 1. The first-order valence-corrected chi connectivity index (χ1v) is 7.90. The maximum absolute atomic E-state index is 11.8. The van der Waals surface area contributed by atoms with Crippen LogP contribution in [0.3, 0.4) is 0 Å². The van der Waals surface area contributed by atoms with E-state index in [-0.39, 0.29) is 25.1 Å². The van der Waals surface area contributed by atoms with Crippen molar-refractivity contribution < 1.29 is 14.1 Å². The number of rotatable bonds is 6. The Kier molecular flexibility index (Phi) is 5.39. The Hall–Kier alpha value is -2.45. The molecule has 1 aliphatic rings. The third-order valence-corrected chi connectivity index (χ3v) is 3.84. The van der Waals surface area contributed by atoms with E-state index in [1.165, 1.54) is 0 Å². The van der Waals surface area contributed by atoms with Crippen LogP contribution in [0.15, 0.2) is 34.9 Å². The first-order chi connectivity index (χ1) is 11.7. The van der Waals surface area contributed by atoms with Crippen LogP contribution in [0.2, 0.25) is 0 Å². The number of hydrogen-bond donors (Lipinski definition) is 2. The van der Waals surface area contributed by atoms with Gasteiger partial charge in [-0.05, 0) is 19.2 Å². The van der Waals surface area contributed by atoms with Crippen LogP contribution >= 0.6 is 0 Å². The summed E-state index contributed by atoms with van der Waals surface area (Å²) in [5.74, 6) is 1.43. The zero-order valence-corrected chi connectivity index (χ0v) is 13.6. The molecule has 1 aromatic carbocycles. The Morgan fingerprint density at radius 3 is 3.08 bits per heavy atom. The van der Waals surface area contributed by atoms with Crippen molar-refractivity contribution in [3.05, 3.63) is 42.0 Å². The molecule has 1 saturated heterocycles. The first kappa shape index (κ1) is 16.4. The Morgan fingerprint density at radius 1 is 1.46 bits per heavy atom. The average molecular weight is 331 g/mol. The lowest BCUT2D eigenvalue weighted by molar-refractivity contribution is -0.123. The fourth-order valence-electron chi connectivity index (χ4n) is 2.46. The molecule has 0 radical (unpaired) electrons. The van der Waals surface area contributed by atoms with E-state index in [9.17, 15) is 4.79 Å². The number of para-hydroxylation sites is 1. The monoisotopic (exact) mass is 331 g/mol. The summed E-state index contributed by atoms with van der Waals surface area (Å²) >= 11 is 0. The number of carbonyl (C=O) groups is 1. The average Bonchev–Trinajstić information content (AvgIpc) is 3.08. The van der Waals surface area contributed by atoms with Gasteiger partial charge in [0.05, 0.1) is 12.6 Å². The second-order valence-electron chi connectivity index (χ2n) is 5.63. The number of ether oxygens (including phenoxy) is 1. The highest BCUT2D eigenvalue weighted by Crippen LogP contribution is 2.17. The van der Waals surface area contributed by atoms with Crippen molar-refractivity contribution in [3.8, 4) is 5.75 Å². The molecule has 0 saturated carbocycles. The van der Waals surface area contributed by atoms with Crippen molar-refractivity contribution in [2.24, 2.45) is 0 Å². The van der Waals surface area contributed by atoms with Gasteiger partial charge in [0.25, 0.3) is 5.91 Å². The Bertz CT molecular complexity index is 661. The molecule has 1 amide bonds. The van der Waals surface area contributed by atoms with Crippen LogP contribution in [-0.4, -0.2) is 54.2 Å². The van der Waals surface area contributed by atoms with Gasteiger partial charge in [0, 0.05) is 19.6 Å². The van der Waals surface area contributed by atoms with Gasteiger partial charge in [-0.25, -0.2) is 0 Å². The topological polar surface area (TPSA) is 92.5 Å². The maximum atomic E-state index is 11.8. The van der Waals surface area contributed by atoms with Crippen LogP contribution in [0, 0.1) is 0 Å². The van der Waals surface area contributed by atoms with E-state index in [1.54, 1.807) is 12.1 Å². The van der Waals surface area contributed by atoms with E-state index in [4.69, 9.17) is 9.26 Å². The highest BCUT2D eigenvalue weighted by molar-refractivity contribution is 5.77. The van der Waals surface area contributed by atoms with Crippen LogP contribution in [0.25, 0.3) is 0 Å². The SMILES string of the molecule is CN1CCNCC1c1noc(CNC(=O)COc2ccccc2)n1. The molecule has 8 nitrogen and oxygen atoms in total. The van der Waals surface area contributed by atoms with Crippen molar-refractivity contribution in [3.63, 3.8) is 0 Å². The van der Waals surface area contributed by atoms with Crippen LogP contribution in [0.4, 0.5) is 0 Å². The van der Waals surface area contributed by atoms with E-state index in [0.29, 0.717) is 17.5 Å². The van der Waals surface area contributed by atoms with E-state index < -0.39 is 0 Å². The van der Waals surface area contributed by atoms with Gasteiger partial charge >= 0.3 is 0 Å². The van der Waals surface area contributed by atoms with Gasteiger partial charge in [0.15, 0.2) is 12.4 Å². The molecule has 2 N–H and O–H groups in total. The number of nitrogens with one attached hydrogen (secondary N) is 2. The lowest BCUT2D eigenvalue weighted by Gasteiger charge is -2.30. The lowest BCUT2D eigenvalue weighted by Crippen LogP contribution is -2.44. The fraction of sp³-hybridized carbons (Fsp3) is 0.438. The van der Waals surface area contributed by atoms with Gasteiger partial charge in [-0.2, -0.15) is 4.98 Å². The molecule has 2 heterocycles. The molecule has 1 aliphatic heterocycles. The largest absolute Gasteiger partial charge is 0.484 e. The minimum absolute atomic E-state index is 0.0553. The summed E-state index contributed by atoms with van der Waals surface area (Å²) in [6, 6.07) is 9.28. The highest BCUT2D eigenvalue weighted by Gasteiger charge is 2.25. The highest BCUT2D eigenvalue weighted by atomic mass is 16.5. The molecule has 24 heavy (non-hydrogen) atoms. The number of nitrogens with zero attached hydrogens (tertiary/aromatic N) is 3. The van der Waals surface area contributed by atoms with Crippen molar-refractivity contribution in [2.75, 3.05) is 33.3 Å². The van der Waals surface area contributed by atoms with Crippen molar-refractivity contribution >= 4 is 5.91 Å². The molecular formula is C16H21N5O3. The molecular weight excluding hydrogens is 310 g/mol.